The fourth-order valence-electron chi connectivity index (χ4n) is 1.16. The first-order valence-corrected chi connectivity index (χ1v) is 4.18. The van der Waals surface area contributed by atoms with E-state index in [9.17, 15) is 4.79 Å². The van der Waals surface area contributed by atoms with Crippen molar-refractivity contribution in [2.75, 3.05) is 0 Å². The first-order chi connectivity index (χ1) is 6.19. The normalized spacial score (nSPS) is 10.6. The van der Waals surface area contributed by atoms with Crippen molar-refractivity contribution < 1.29 is 4.79 Å². The van der Waals surface area contributed by atoms with Crippen molar-refractivity contribution >= 4 is 17.9 Å². The van der Waals surface area contributed by atoms with E-state index in [4.69, 9.17) is 0 Å². The average molecular weight is 175 g/mol. The van der Waals surface area contributed by atoms with E-state index in [2.05, 4.69) is 11.6 Å². The summed E-state index contributed by atoms with van der Waals surface area (Å²) in [5, 5.41) is 0. The molecule has 0 saturated carbocycles. The molecule has 2 nitrogen and oxygen atoms in total. The van der Waals surface area contributed by atoms with Crippen LogP contribution in [0.5, 0.6) is 0 Å². The lowest BCUT2D eigenvalue weighted by atomic mass is 10.2. The number of rotatable bonds is 3. The van der Waals surface area contributed by atoms with Crippen LogP contribution in [0, 0.1) is 0 Å². The lowest BCUT2D eigenvalue weighted by molar-refractivity contribution is 0.101. The largest absolute Gasteiger partial charge is 0.352 e. The second kappa shape index (κ2) is 3.90. The molecule has 0 aliphatic carbocycles. The third-order valence-electron chi connectivity index (χ3n) is 1.81. The number of hydrogen-bond donors (Lipinski definition) is 1. The van der Waals surface area contributed by atoms with Gasteiger partial charge < -0.3 is 4.98 Å². The van der Waals surface area contributed by atoms with Crippen LogP contribution in [0.25, 0.3) is 12.2 Å². The fraction of sp³-hybridized carbons (Fsp3) is 0.182. The van der Waals surface area contributed by atoms with Crippen LogP contribution in [-0.4, -0.2) is 10.8 Å². The minimum absolute atomic E-state index is 0.0406. The van der Waals surface area contributed by atoms with Gasteiger partial charge in [-0.25, -0.2) is 0 Å². The van der Waals surface area contributed by atoms with Crippen LogP contribution >= 0.6 is 0 Å². The molecule has 13 heavy (non-hydrogen) atoms. The van der Waals surface area contributed by atoms with Gasteiger partial charge in [0, 0.05) is 12.6 Å². The summed E-state index contributed by atoms with van der Waals surface area (Å²) in [6, 6.07) is 1.83. The SMILES string of the molecule is C=Cc1[nH]c(C(C)=O)cc1C=CC. The van der Waals surface area contributed by atoms with Gasteiger partial charge in [0.05, 0.1) is 5.69 Å². The summed E-state index contributed by atoms with van der Waals surface area (Å²) < 4.78 is 0. The minimum Gasteiger partial charge on any atom is -0.352 e. The third-order valence-corrected chi connectivity index (χ3v) is 1.81. The number of ketones is 1. The van der Waals surface area contributed by atoms with E-state index in [0.29, 0.717) is 5.69 Å². The Bertz CT molecular complexity index is 358. The number of carbonyl (C=O) groups excluding carboxylic acids is 1. The molecule has 0 amide bonds. The van der Waals surface area contributed by atoms with Crippen LogP contribution in [0.4, 0.5) is 0 Å². The van der Waals surface area contributed by atoms with E-state index < -0.39 is 0 Å². The van der Waals surface area contributed by atoms with Crippen LogP contribution in [0.3, 0.4) is 0 Å². The van der Waals surface area contributed by atoms with Crippen LogP contribution in [0.1, 0.15) is 35.6 Å². The monoisotopic (exact) mass is 175 g/mol. The predicted molar refractivity (Wildman–Crippen MR) is 55.6 cm³/mol. The molecule has 0 aliphatic rings. The molecule has 1 aromatic heterocycles. The van der Waals surface area contributed by atoms with E-state index >= 15 is 0 Å². The Morgan fingerprint density at radius 1 is 1.62 bits per heavy atom. The van der Waals surface area contributed by atoms with Crippen LogP contribution in [0.15, 0.2) is 18.7 Å². The second-order valence-corrected chi connectivity index (χ2v) is 2.81. The van der Waals surface area contributed by atoms with Gasteiger partial charge in [-0.1, -0.05) is 18.7 Å². The molecule has 1 heterocycles. The molecule has 1 aromatic rings. The predicted octanol–water partition coefficient (Wildman–Crippen LogP) is 2.89. The Morgan fingerprint density at radius 3 is 2.77 bits per heavy atom. The molecule has 1 rings (SSSR count). The van der Waals surface area contributed by atoms with Crippen molar-refractivity contribution in [2.24, 2.45) is 0 Å². The lowest BCUT2D eigenvalue weighted by Crippen LogP contribution is -1.90. The van der Waals surface area contributed by atoms with E-state index in [1.54, 1.807) is 6.08 Å². The summed E-state index contributed by atoms with van der Waals surface area (Å²) in [5.74, 6) is 0.0406. The minimum atomic E-state index is 0.0406. The van der Waals surface area contributed by atoms with Gasteiger partial charge in [-0.05, 0) is 24.6 Å². The van der Waals surface area contributed by atoms with Crippen molar-refractivity contribution in [1.82, 2.24) is 4.98 Å². The highest BCUT2D eigenvalue weighted by Crippen LogP contribution is 2.14. The Balaban J connectivity index is 3.18. The van der Waals surface area contributed by atoms with Crippen molar-refractivity contribution in [3.63, 3.8) is 0 Å². The maximum Gasteiger partial charge on any atom is 0.175 e. The lowest BCUT2D eigenvalue weighted by Gasteiger charge is -1.88. The zero-order valence-electron chi connectivity index (χ0n) is 7.92. The number of Topliss-reactive ketones (excluding diaryl/α,β-unsaturated/α-hetero) is 1. The summed E-state index contributed by atoms with van der Waals surface area (Å²) in [4.78, 5) is 14.0. The first kappa shape index (κ1) is 9.52. The maximum atomic E-state index is 11.0. The Labute approximate surface area is 78.0 Å². The van der Waals surface area contributed by atoms with Crippen LogP contribution in [-0.2, 0) is 0 Å². The molecule has 0 aromatic carbocycles. The molecule has 0 saturated heterocycles. The molecule has 0 atom stereocenters. The van der Waals surface area contributed by atoms with E-state index in [1.165, 1.54) is 6.92 Å². The highest BCUT2D eigenvalue weighted by atomic mass is 16.1. The standard InChI is InChI=1S/C11H13NO/c1-4-6-9-7-11(8(3)13)12-10(9)5-2/h4-7,12H,2H2,1,3H3. The van der Waals surface area contributed by atoms with Gasteiger partial charge in [0.2, 0.25) is 0 Å². The molecule has 1 N–H and O–H groups in total. The molecular weight excluding hydrogens is 162 g/mol. The van der Waals surface area contributed by atoms with Gasteiger partial charge in [-0.3, -0.25) is 4.79 Å². The zero-order chi connectivity index (χ0) is 9.84. The van der Waals surface area contributed by atoms with E-state index in [-0.39, 0.29) is 5.78 Å². The Kier molecular flexibility index (Phi) is 2.85. The van der Waals surface area contributed by atoms with Gasteiger partial charge in [0.1, 0.15) is 0 Å². The molecule has 0 spiro atoms. The summed E-state index contributed by atoms with van der Waals surface area (Å²) in [6.07, 6.45) is 5.59. The van der Waals surface area contributed by atoms with Crippen LogP contribution < -0.4 is 0 Å². The molecule has 0 fully saturated rings. The maximum absolute atomic E-state index is 11.0. The molecule has 0 aliphatic heterocycles. The van der Waals surface area contributed by atoms with Crippen molar-refractivity contribution in [3.05, 3.63) is 35.7 Å². The number of hydrogen-bond acceptors (Lipinski definition) is 1. The smallest absolute Gasteiger partial charge is 0.175 e. The Hall–Kier alpha value is -1.57. The van der Waals surface area contributed by atoms with E-state index in [0.717, 1.165) is 11.3 Å². The average Bonchev–Trinajstić information content (AvgIpc) is 2.48. The summed E-state index contributed by atoms with van der Waals surface area (Å²) in [6.45, 7) is 7.15. The van der Waals surface area contributed by atoms with Gasteiger partial charge >= 0.3 is 0 Å². The van der Waals surface area contributed by atoms with Gasteiger partial charge in [0.25, 0.3) is 0 Å². The number of H-pyrrole nitrogens is 1. The molecule has 68 valence electrons. The van der Waals surface area contributed by atoms with Crippen molar-refractivity contribution in [2.45, 2.75) is 13.8 Å². The first-order valence-electron chi connectivity index (χ1n) is 4.18. The summed E-state index contributed by atoms with van der Waals surface area (Å²) in [5.41, 5.74) is 2.52. The second-order valence-electron chi connectivity index (χ2n) is 2.81. The molecule has 0 unspecified atom stereocenters. The molecule has 2 heteroatoms. The number of aromatic amines is 1. The Morgan fingerprint density at radius 2 is 2.31 bits per heavy atom. The van der Waals surface area contributed by atoms with Gasteiger partial charge in [-0.15, -0.1) is 0 Å². The van der Waals surface area contributed by atoms with Gasteiger partial charge in [0.15, 0.2) is 5.78 Å². The van der Waals surface area contributed by atoms with Crippen LogP contribution in [0.2, 0.25) is 0 Å². The highest BCUT2D eigenvalue weighted by Gasteiger charge is 2.05. The van der Waals surface area contributed by atoms with Crippen molar-refractivity contribution in [3.8, 4) is 0 Å². The molecule has 0 bridgehead atoms. The number of allylic oxidation sites excluding steroid dienone is 1. The number of carbonyl (C=O) groups is 1. The molecule has 0 radical (unpaired) electrons. The summed E-state index contributed by atoms with van der Waals surface area (Å²) >= 11 is 0. The zero-order valence-corrected chi connectivity index (χ0v) is 7.92. The quantitative estimate of drug-likeness (QED) is 0.704. The highest BCUT2D eigenvalue weighted by molar-refractivity contribution is 5.93. The number of nitrogens with one attached hydrogen (secondary N) is 1. The number of aromatic nitrogens is 1. The summed E-state index contributed by atoms with van der Waals surface area (Å²) in [7, 11) is 0. The van der Waals surface area contributed by atoms with E-state index in [1.807, 2.05) is 25.1 Å². The molecular formula is C11H13NO. The van der Waals surface area contributed by atoms with Gasteiger partial charge in [-0.2, -0.15) is 0 Å². The third kappa shape index (κ3) is 1.96. The fourth-order valence-corrected chi connectivity index (χ4v) is 1.16. The topological polar surface area (TPSA) is 32.9 Å². The van der Waals surface area contributed by atoms with Crippen molar-refractivity contribution in [1.29, 1.82) is 0 Å².